The van der Waals surface area contributed by atoms with E-state index in [1.807, 2.05) is 0 Å². The second kappa shape index (κ2) is 7.22. The molecule has 27 heavy (non-hydrogen) atoms. The van der Waals surface area contributed by atoms with Crippen molar-refractivity contribution in [3.8, 4) is 11.4 Å². The van der Waals surface area contributed by atoms with Crippen LogP contribution in [0.1, 0.15) is 29.2 Å². The Morgan fingerprint density at radius 1 is 1.07 bits per heavy atom. The highest BCUT2D eigenvalue weighted by molar-refractivity contribution is 5.94. The van der Waals surface area contributed by atoms with Gasteiger partial charge in [0.1, 0.15) is 11.6 Å². The van der Waals surface area contributed by atoms with E-state index in [9.17, 15) is 13.6 Å². The van der Waals surface area contributed by atoms with Gasteiger partial charge in [-0.3, -0.25) is 4.79 Å². The number of hydrogen-bond donors (Lipinski definition) is 0. The third-order valence-corrected chi connectivity index (χ3v) is 4.64. The summed E-state index contributed by atoms with van der Waals surface area (Å²) in [6, 6.07) is 11.6. The number of carbonyl (C=O) groups excluding carboxylic acids is 1. The summed E-state index contributed by atoms with van der Waals surface area (Å²) < 4.78 is 27.0. The standard InChI is InChI=1S/C19H17F2N5O/c20-14-9-7-13(8-10-14)19(27)25-11-3-4-15(12-25)26-23-18(22-24-26)16-5-1-2-6-17(16)21/h1-2,5-10,15H,3-4,11-12H2. The highest BCUT2D eigenvalue weighted by Gasteiger charge is 2.27. The molecule has 0 aliphatic carbocycles. The number of carbonyl (C=O) groups is 1. The highest BCUT2D eigenvalue weighted by atomic mass is 19.1. The van der Waals surface area contributed by atoms with Gasteiger partial charge in [-0.15, -0.1) is 10.2 Å². The quantitative estimate of drug-likeness (QED) is 0.712. The molecule has 1 amide bonds. The first-order valence-electron chi connectivity index (χ1n) is 8.71. The third-order valence-electron chi connectivity index (χ3n) is 4.64. The van der Waals surface area contributed by atoms with E-state index in [2.05, 4.69) is 15.4 Å². The van der Waals surface area contributed by atoms with Crippen LogP contribution in [0.15, 0.2) is 48.5 Å². The number of amides is 1. The van der Waals surface area contributed by atoms with Crippen molar-refractivity contribution >= 4 is 5.91 Å². The molecule has 3 aromatic rings. The smallest absolute Gasteiger partial charge is 0.253 e. The molecule has 1 aliphatic heterocycles. The molecule has 1 aromatic heterocycles. The number of tetrazole rings is 1. The minimum Gasteiger partial charge on any atom is -0.336 e. The molecule has 0 radical (unpaired) electrons. The Labute approximate surface area is 154 Å². The molecule has 138 valence electrons. The van der Waals surface area contributed by atoms with Crippen molar-refractivity contribution in [1.82, 2.24) is 25.1 Å². The zero-order valence-corrected chi connectivity index (χ0v) is 14.4. The average Bonchev–Trinajstić information content (AvgIpc) is 3.18. The SMILES string of the molecule is O=C(c1ccc(F)cc1)N1CCCC(n2nnc(-c3ccccc3F)n2)C1. The van der Waals surface area contributed by atoms with Crippen LogP contribution in [-0.2, 0) is 0 Å². The maximum atomic E-state index is 13.9. The monoisotopic (exact) mass is 369 g/mol. The second-order valence-electron chi connectivity index (χ2n) is 6.47. The van der Waals surface area contributed by atoms with Crippen LogP contribution in [0.4, 0.5) is 8.78 Å². The number of aromatic nitrogens is 4. The van der Waals surface area contributed by atoms with E-state index in [4.69, 9.17) is 0 Å². The Bertz CT molecular complexity index is 957. The molecule has 8 heteroatoms. The first-order valence-corrected chi connectivity index (χ1v) is 8.71. The topological polar surface area (TPSA) is 63.9 Å². The fourth-order valence-corrected chi connectivity index (χ4v) is 3.23. The fourth-order valence-electron chi connectivity index (χ4n) is 3.23. The Balaban J connectivity index is 1.51. The van der Waals surface area contributed by atoms with Gasteiger partial charge >= 0.3 is 0 Å². The van der Waals surface area contributed by atoms with Crippen LogP contribution >= 0.6 is 0 Å². The molecule has 0 spiro atoms. The second-order valence-corrected chi connectivity index (χ2v) is 6.47. The van der Waals surface area contributed by atoms with Crippen LogP contribution in [-0.4, -0.2) is 44.1 Å². The lowest BCUT2D eigenvalue weighted by molar-refractivity contribution is 0.0663. The lowest BCUT2D eigenvalue weighted by atomic mass is 10.0. The molecule has 6 nitrogen and oxygen atoms in total. The molecular formula is C19H17F2N5O. The molecule has 4 rings (SSSR count). The normalized spacial score (nSPS) is 17.1. The fraction of sp³-hybridized carbons (Fsp3) is 0.263. The first kappa shape index (κ1) is 17.3. The van der Waals surface area contributed by atoms with Crippen LogP contribution in [0.3, 0.4) is 0 Å². The number of hydrogen-bond acceptors (Lipinski definition) is 4. The van der Waals surface area contributed by atoms with Gasteiger partial charge in [-0.1, -0.05) is 12.1 Å². The van der Waals surface area contributed by atoms with Crippen LogP contribution in [0.2, 0.25) is 0 Å². The maximum absolute atomic E-state index is 13.9. The highest BCUT2D eigenvalue weighted by Crippen LogP contribution is 2.23. The largest absolute Gasteiger partial charge is 0.336 e. The number of likely N-dealkylation sites (tertiary alicyclic amines) is 1. The van der Waals surface area contributed by atoms with Crippen molar-refractivity contribution in [3.05, 3.63) is 65.7 Å². The molecule has 1 aliphatic rings. The van der Waals surface area contributed by atoms with E-state index < -0.39 is 5.82 Å². The molecule has 2 heterocycles. The van der Waals surface area contributed by atoms with E-state index >= 15 is 0 Å². The minimum atomic E-state index is -0.409. The van der Waals surface area contributed by atoms with Gasteiger partial charge in [0.2, 0.25) is 5.82 Å². The Morgan fingerprint density at radius 3 is 2.63 bits per heavy atom. The summed E-state index contributed by atoms with van der Waals surface area (Å²) in [7, 11) is 0. The predicted octanol–water partition coefficient (Wildman–Crippen LogP) is 3.10. The van der Waals surface area contributed by atoms with Gasteiger partial charge in [0.05, 0.1) is 11.6 Å². The third kappa shape index (κ3) is 3.55. The van der Waals surface area contributed by atoms with Crippen molar-refractivity contribution in [1.29, 1.82) is 0 Å². The van der Waals surface area contributed by atoms with Crippen LogP contribution < -0.4 is 0 Å². The van der Waals surface area contributed by atoms with Gasteiger partial charge < -0.3 is 4.90 Å². The van der Waals surface area contributed by atoms with Crippen LogP contribution in [0.25, 0.3) is 11.4 Å². The van der Waals surface area contributed by atoms with Crippen molar-refractivity contribution in [2.75, 3.05) is 13.1 Å². The van der Waals surface area contributed by atoms with Gasteiger partial charge in [-0.2, -0.15) is 4.80 Å². The summed E-state index contributed by atoms with van der Waals surface area (Å²) in [6.45, 7) is 1.03. The molecule has 0 bridgehead atoms. The number of nitrogens with zero attached hydrogens (tertiary/aromatic N) is 5. The summed E-state index contributed by atoms with van der Waals surface area (Å²) in [5.74, 6) is -0.728. The molecule has 1 atom stereocenters. The van der Waals surface area contributed by atoms with E-state index in [0.29, 0.717) is 24.2 Å². The van der Waals surface area contributed by atoms with Gasteiger partial charge in [-0.25, -0.2) is 8.78 Å². The summed E-state index contributed by atoms with van der Waals surface area (Å²) in [4.78, 5) is 15.8. The molecular weight excluding hydrogens is 352 g/mol. The zero-order valence-electron chi connectivity index (χ0n) is 14.4. The predicted molar refractivity (Wildman–Crippen MR) is 93.8 cm³/mol. The maximum Gasteiger partial charge on any atom is 0.253 e. The summed E-state index contributed by atoms with van der Waals surface area (Å²) in [5.41, 5.74) is 0.731. The number of benzene rings is 2. The molecule has 1 unspecified atom stereocenters. The van der Waals surface area contributed by atoms with Crippen molar-refractivity contribution < 1.29 is 13.6 Å². The number of rotatable bonds is 3. The van der Waals surface area contributed by atoms with Crippen molar-refractivity contribution in [3.63, 3.8) is 0 Å². The van der Waals surface area contributed by atoms with Gasteiger partial charge in [0.25, 0.3) is 5.91 Å². The molecule has 2 aromatic carbocycles. The van der Waals surface area contributed by atoms with Crippen molar-refractivity contribution in [2.24, 2.45) is 0 Å². The zero-order chi connectivity index (χ0) is 18.8. The lowest BCUT2D eigenvalue weighted by Gasteiger charge is -2.31. The molecule has 0 saturated carbocycles. The Kier molecular flexibility index (Phi) is 4.62. The lowest BCUT2D eigenvalue weighted by Crippen LogP contribution is -2.41. The van der Waals surface area contributed by atoms with Gasteiger partial charge in [-0.05, 0) is 54.5 Å². The Hall–Kier alpha value is -3.16. The number of halogens is 2. The minimum absolute atomic E-state index is 0.142. The first-order chi connectivity index (χ1) is 13.1. The summed E-state index contributed by atoms with van der Waals surface area (Å²) in [6.07, 6.45) is 1.58. The van der Waals surface area contributed by atoms with Crippen molar-refractivity contribution in [2.45, 2.75) is 18.9 Å². The van der Waals surface area contributed by atoms with E-state index in [-0.39, 0.29) is 23.6 Å². The summed E-state index contributed by atoms with van der Waals surface area (Å²) in [5, 5.41) is 12.3. The average molecular weight is 369 g/mol. The van der Waals surface area contributed by atoms with Gasteiger partial charge in [0, 0.05) is 18.7 Å². The van der Waals surface area contributed by atoms with E-state index in [0.717, 1.165) is 12.8 Å². The van der Waals surface area contributed by atoms with Crippen LogP contribution in [0, 0.1) is 11.6 Å². The van der Waals surface area contributed by atoms with Crippen LogP contribution in [0.5, 0.6) is 0 Å². The molecule has 0 N–H and O–H groups in total. The van der Waals surface area contributed by atoms with Gasteiger partial charge in [0.15, 0.2) is 0 Å². The van der Waals surface area contributed by atoms with E-state index in [1.54, 1.807) is 23.1 Å². The molecule has 1 fully saturated rings. The van der Waals surface area contributed by atoms with E-state index in [1.165, 1.54) is 35.1 Å². The Morgan fingerprint density at radius 2 is 1.85 bits per heavy atom. The molecule has 1 saturated heterocycles. The summed E-state index contributed by atoms with van der Waals surface area (Å²) >= 11 is 0. The number of piperidine rings is 1.